The minimum absolute atomic E-state index is 0.199. The first-order valence-corrected chi connectivity index (χ1v) is 6.70. The molecular weight excluding hydrogens is 260 g/mol. The largest absolute Gasteiger partial charge is 0.321 e. The number of carbonyl (C=O) groups excluding carboxylic acids is 1. The van der Waals surface area contributed by atoms with Gasteiger partial charge in [-0.1, -0.05) is 18.2 Å². The number of alkyl halides is 1. The molecule has 0 saturated heterocycles. The molecule has 3 nitrogen and oxygen atoms in total. The number of benzene rings is 1. The van der Waals surface area contributed by atoms with E-state index in [0.29, 0.717) is 11.6 Å². The van der Waals surface area contributed by atoms with E-state index in [1.165, 1.54) is 5.56 Å². The van der Waals surface area contributed by atoms with Crippen LogP contribution >= 0.6 is 11.6 Å². The first kappa shape index (κ1) is 13.6. The van der Waals surface area contributed by atoms with Crippen LogP contribution in [-0.4, -0.2) is 16.8 Å². The second-order valence-electron chi connectivity index (χ2n) is 4.16. The van der Waals surface area contributed by atoms with Gasteiger partial charge in [-0.25, -0.2) is 0 Å². The Hall–Kier alpha value is -1.87. The van der Waals surface area contributed by atoms with E-state index in [9.17, 15) is 4.79 Å². The molecule has 0 radical (unpaired) electrons. The van der Waals surface area contributed by atoms with Crippen LogP contribution in [0.5, 0.6) is 0 Å². The highest BCUT2D eigenvalue weighted by Crippen LogP contribution is 2.13. The Morgan fingerprint density at radius 3 is 2.84 bits per heavy atom. The van der Waals surface area contributed by atoms with E-state index in [2.05, 4.69) is 10.3 Å². The molecule has 0 aliphatic rings. The Bertz CT molecular complexity index is 543. The van der Waals surface area contributed by atoms with Crippen molar-refractivity contribution in [2.24, 2.45) is 0 Å². The lowest BCUT2D eigenvalue weighted by atomic mass is 10.1. The van der Waals surface area contributed by atoms with E-state index < -0.39 is 0 Å². The summed E-state index contributed by atoms with van der Waals surface area (Å²) in [6, 6.07) is 13.0. The lowest BCUT2D eigenvalue weighted by molar-refractivity contribution is 0.102. The molecule has 0 saturated carbocycles. The third-order valence-corrected chi connectivity index (χ3v) is 2.95. The van der Waals surface area contributed by atoms with Crippen molar-refractivity contribution in [1.82, 2.24) is 4.98 Å². The summed E-state index contributed by atoms with van der Waals surface area (Å²) in [5, 5.41) is 2.84. The van der Waals surface area contributed by atoms with Crippen LogP contribution in [0, 0.1) is 0 Å². The van der Waals surface area contributed by atoms with Gasteiger partial charge in [0.2, 0.25) is 0 Å². The Labute approximate surface area is 117 Å². The number of rotatable bonds is 5. The van der Waals surface area contributed by atoms with E-state index in [4.69, 9.17) is 11.6 Å². The van der Waals surface area contributed by atoms with Crippen molar-refractivity contribution in [3.63, 3.8) is 0 Å². The van der Waals surface area contributed by atoms with Crippen molar-refractivity contribution in [3.05, 3.63) is 59.9 Å². The molecule has 0 aliphatic carbocycles. The van der Waals surface area contributed by atoms with Gasteiger partial charge in [0.15, 0.2) is 0 Å². The zero-order chi connectivity index (χ0) is 13.5. The van der Waals surface area contributed by atoms with Crippen LogP contribution in [0.25, 0.3) is 0 Å². The molecule has 0 fully saturated rings. The number of hydrogen-bond acceptors (Lipinski definition) is 2. The second kappa shape index (κ2) is 6.90. The summed E-state index contributed by atoms with van der Waals surface area (Å²) >= 11 is 5.68. The van der Waals surface area contributed by atoms with E-state index in [-0.39, 0.29) is 5.91 Å². The molecule has 0 atom stereocenters. The fraction of sp³-hybridized carbons (Fsp3) is 0.200. The average Bonchev–Trinajstić information content (AvgIpc) is 2.46. The number of pyridine rings is 1. The van der Waals surface area contributed by atoms with Crippen LogP contribution in [0.15, 0.2) is 48.7 Å². The fourth-order valence-electron chi connectivity index (χ4n) is 1.77. The molecule has 4 heteroatoms. The zero-order valence-electron chi connectivity index (χ0n) is 10.5. The highest BCUT2D eigenvalue weighted by molar-refractivity contribution is 6.17. The Balaban J connectivity index is 2.05. The molecule has 2 rings (SSSR count). The monoisotopic (exact) mass is 274 g/mol. The number of nitrogens with zero attached hydrogens (tertiary/aromatic N) is 1. The molecule has 1 amide bonds. The van der Waals surface area contributed by atoms with Crippen LogP contribution in [0.3, 0.4) is 0 Å². The van der Waals surface area contributed by atoms with Gasteiger partial charge in [0.1, 0.15) is 5.69 Å². The predicted octanol–water partition coefficient (Wildman–Crippen LogP) is 3.51. The maximum absolute atomic E-state index is 11.9. The smallest absolute Gasteiger partial charge is 0.274 e. The topological polar surface area (TPSA) is 42.0 Å². The minimum Gasteiger partial charge on any atom is -0.321 e. The third kappa shape index (κ3) is 4.07. The number of hydrogen-bond donors (Lipinski definition) is 1. The fourth-order valence-corrected chi connectivity index (χ4v) is 1.90. The third-order valence-electron chi connectivity index (χ3n) is 2.68. The summed E-state index contributed by atoms with van der Waals surface area (Å²) in [5.74, 6) is 0.444. The standard InChI is InChI=1S/C15H15ClN2O/c16-9-4-6-12-5-3-7-13(11-12)18-15(19)14-8-1-2-10-17-14/h1-3,5,7-8,10-11H,4,6,9H2,(H,18,19). The lowest BCUT2D eigenvalue weighted by Crippen LogP contribution is -2.13. The van der Waals surface area contributed by atoms with E-state index in [0.717, 1.165) is 18.5 Å². The summed E-state index contributed by atoms with van der Waals surface area (Å²) in [7, 11) is 0. The first-order chi connectivity index (χ1) is 9.29. The maximum Gasteiger partial charge on any atom is 0.274 e. The molecule has 0 aliphatic heterocycles. The summed E-state index contributed by atoms with van der Waals surface area (Å²) in [4.78, 5) is 16.0. The number of anilines is 1. The molecule has 0 bridgehead atoms. The Morgan fingerprint density at radius 1 is 1.21 bits per heavy atom. The number of aryl methyl sites for hydroxylation is 1. The maximum atomic E-state index is 11.9. The van der Waals surface area contributed by atoms with Crippen LogP contribution in [0.2, 0.25) is 0 Å². The van der Waals surface area contributed by atoms with Crippen LogP contribution < -0.4 is 5.32 Å². The SMILES string of the molecule is O=C(Nc1cccc(CCCCl)c1)c1ccccn1. The average molecular weight is 275 g/mol. The molecule has 0 spiro atoms. The van der Waals surface area contributed by atoms with Crippen molar-refractivity contribution in [2.75, 3.05) is 11.2 Å². The van der Waals surface area contributed by atoms with Gasteiger partial charge in [0.25, 0.3) is 5.91 Å². The van der Waals surface area contributed by atoms with Gasteiger partial charge in [0.05, 0.1) is 0 Å². The normalized spacial score (nSPS) is 10.2. The zero-order valence-corrected chi connectivity index (χ0v) is 11.2. The summed E-state index contributed by atoms with van der Waals surface area (Å²) in [5.41, 5.74) is 2.36. The van der Waals surface area contributed by atoms with Crippen molar-refractivity contribution in [1.29, 1.82) is 0 Å². The van der Waals surface area contributed by atoms with E-state index in [1.54, 1.807) is 24.4 Å². The number of amides is 1. The summed E-state index contributed by atoms with van der Waals surface area (Å²) in [6.45, 7) is 0. The molecule has 1 aromatic heterocycles. The van der Waals surface area contributed by atoms with Gasteiger partial charge in [-0.15, -0.1) is 11.6 Å². The second-order valence-corrected chi connectivity index (χ2v) is 4.54. The van der Waals surface area contributed by atoms with Gasteiger partial charge in [-0.2, -0.15) is 0 Å². The van der Waals surface area contributed by atoms with Gasteiger partial charge in [-0.05, 0) is 42.7 Å². The van der Waals surface area contributed by atoms with Crippen LogP contribution in [0.4, 0.5) is 5.69 Å². The van der Waals surface area contributed by atoms with E-state index in [1.807, 2.05) is 24.3 Å². The Morgan fingerprint density at radius 2 is 2.11 bits per heavy atom. The Kier molecular flexibility index (Phi) is 4.93. The molecule has 1 heterocycles. The lowest BCUT2D eigenvalue weighted by Gasteiger charge is -2.06. The van der Waals surface area contributed by atoms with Gasteiger partial charge < -0.3 is 5.32 Å². The summed E-state index contributed by atoms with van der Waals surface area (Å²) in [6.07, 6.45) is 3.45. The molecule has 19 heavy (non-hydrogen) atoms. The van der Waals surface area contributed by atoms with Crippen molar-refractivity contribution < 1.29 is 4.79 Å². The van der Waals surface area contributed by atoms with Crippen LogP contribution in [-0.2, 0) is 6.42 Å². The molecule has 1 N–H and O–H groups in total. The molecular formula is C15H15ClN2O. The van der Waals surface area contributed by atoms with Crippen molar-refractivity contribution >= 4 is 23.2 Å². The van der Waals surface area contributed by atoms with Gasteiger partial charge in [-0.3, -0.25) is 9.78 Å². The first-order valence-electron chi connectivity index (χ1n) is 6.17. The summed E-state index contributed by atoms with van der Waals surface area (Å²) < 4.78 is 0. The van der Waals surface area contributed by atoms with Crippen molar-refractivity contribution in [3.8, 4) is 0 Å². The molecule has 0 unspecified atom stereocenters. The van der Waals surface area contributed by atoms with Crippen molar-refractivity contribution in [2.45, 2.75) is 12.8 Å². The number of nitrogens with one attached hydrogen (secondary N) is 1. The highest BCUT2D eigenvalue weighted by atomic mass is 35.5. The number of halogens is 1. The van der Waals surface area contributed by atoms with E-state index >= 15 is 0 Å². The van der Waals surface area contributed by atoms with Gasteiger partial charge in [0, 0.05) is 17.8 Å². The quantitative estimate of drug-likeness (QED) is 0.848. The minimum atomic E-state index is -0.199. The van der Waals surface area contributed by atoms with Gasteiger partial charge >= 0.3 is 0 Å². The number of aromatic nitrogens is 1. The predicted molar refractivity (Wildman–Crippen MR) is 77.7 cm³/mol. The number of carbonyl (C=O) groups is 1. The van der Waals surface area contributed by atoms with Crippen LogP contribution in [0.1, 0.15) is 22.5 Å². The molecule has 98 valence electrons. The molecule has 1 aromatic carbocycles. The highest BCUT2D eigenvalue weighted by Gasteiger charge is 2.06. The molecule has 2 aromatic rings.